The van der Waals surface area contributed by atoms with Crippen molar-refractivity contribution in [1.82, 2.24) is 10.3 Å². The van der Waals surface area contributed by atoms with Gasteiger partial charge in [-0.05, 0) is 18.7 Å². The first-order valence-corrected chi connectivity index (χ1v) is 4.84. The second-order valence-electron chi connectivity index (χ2n) is 3.15. The number of rotatable bonds is 4. The van der Waals surface area contributed by atoms with Crippen molar-refractivity contribution in [3.63, 3.8) is 0 Å². The van der Waals surface area contributed by atoms with Crippen molar-refractivity contribution in [3.8, 4) is 0 Å². The standard InChI is InChI=1S/C11H15N3O2/c1-13-5-3-4-8-6-9(11(15)16-2)10(12)14-7-8/h3-4,6-7,13H,5H2,1-2H3,(H2,12,14). The first kappa shape index (κ1) is 12.2. The molecule has 0 amide bonds. The van der Waals surface area contributed by atoms with Crippen LogP contribution in [0.4, 0.5) is 5.82 Å². The lowest BCUT2D eigenvalue weighted by molar-refractivity contribution is 0.0601. The molecule has 1 aromatic rings. The monoisotopic (exact) mass is 221 g/mol. The molecule has 86 valence electrons. The maximum Gasteiger partial charge on any atom is 0.341 e. The average Bonchev–Trinajstić information content (AvgIpc) is 2.30. The van der Waals surface area contributed by atoms with Crippen LogP contribution in [0.3, 0.4) is 0 Å². The Morgan fingerprint density at radius 1 is 1.69 bits per heavy atom. The summed E-state index contributed by atoms with van der Waals surface area (Å²) >= 11 is 0. The smallest absolute Gasteiger partial charge is 0.341 e. The number of methoxy groups -OCH3 is 1. The van der Waals surface area contributed by atoms with E-state index in [1.807, 2.05) is 19.2 Å². The number of nitrogens with two attached hydrogens (primary N) is 1. The number of nitrogen functional groups attached to an aromatic ring is 1. The molecule has 1 heterocycles. The molecule has 0 spiro atoms. The number of pyridine rings is 1. The molecule has 0 atom stereocenters. The zero-order valence-electron chi connectivity index (χ0n) is 9.36. The van der Waals surface area contributed by atoms with Gasteiger partial charge in [0.25, 0.3) is 0 Å². The van der Waals surface area contributed by atoms with Crippen LogP contribution in [-0.2, 0) is 4.74 Å². The fraction of sp³-hybridized carbons (Fsp3) is 0.273. The van der Waals surface area contributed by atoms with Crippen LogP contribution >= 0.6 is 0 Å². The Labute approximate surface area is 94.3 Å². The zero-order valence-corrected chi connectivity index (χ0v) is 9.36. The van der Waals surface area contributed by atoms with E-state index in [4.69, 9.17) is 5.73 Å². The molecule has 0 aliphatic heterocycles. The first-order chi connectivity index (χ1) is 7.69. The number of nitrogens with one attached hydrogen (secondary N) is 1. The first-order valence-electron chi connectivity index (χ1n) is 4.84. The second-order valence-corrected chi connectivity index (χ2v) is 3.15. The van der Waals surface area contributed by atoms with Gasteiger partial charge in [0.15, 0.2) is 0 Å². The van der Waals surface area contributed by atoms with Crippen molar-refractivity contribution in [2.45, 2.75) is 0 Å². The zero-order chi connectivity index (χ0) is 12.0. The van der Waals surface area contributed by atoms with Gasteiger partial charge in [0.05, 0.1) is 7.11 Å². The van der Waals surface area contributed by atoms with E-state index in [9.17, 15) is 4.79 Å². The van der Waals surface area contributed by atoms with Crippen LogP contribution in [0.5, 0.6) is 0 Å². The fourth-order valence-corrected chi connectivity index (χ4v) is 1.17. The Bertz CT molecular complexity index is 402. The molecule has 0 saturated heterocycles. The number of nitrogens with zero attached hydrogens (tertiary/aromatic N) is 1. The summed E-state index contributed by atoms with van der Waals surface area (Å²) in [6.45, 7) is 0.748. The third-order valence-electron chi connectivity index (χ3n) is 1.98. The van der Waals surface area contributed by atoms with Gasteiger partial charge in [0.2, 0.25) is 0 Å². The maximum absolute atomic E-state index is 11.3. The van der Waals surface area contributed by atoms with Crippen molar-refractivity contribution in [2.75, 3.05) is 26.4 Å². The van der Waals surface area contributed by atoms with Crippen molar-refractivity contribution in [1.29, 1.82) is 0 Å². The minimum Gasteiger partial charge on any atom is -0.465 e. The van der Waals surface area contributed by atoms with Crippen LogP contribution in [0.15, 0.2) is 18.3 Å². The van der Waals surface area contributed by atoms with Gasteiger partial charge >= 0.3 is 5.97 Å². The topological polar surface area (TPSA) is 77.2 Å². The summed E-state index contributed by atoms with van der Waals surface area (Å²) in [6, 6.07) is 1.65. The number of esters is 1. The summed E-state index contributed by atoms with van der Waals surface area (Å²) in [5, 5.41) is 2.97. The van der Waals surface area contributed by atoms with E-state index in [0.29, 0.717) is 0 Å². The highest BCUT2D eigenvalue weighted by molar-refractivity contribution is 5.94. The molecule has 5 heteroatoms. The SMILES string of the molecule is CNCC=Cc1cnc(N)c(C(=O)OC)c1. The number of likely N-dealkylation sites (N-methyl/N-ethyl adjacent to an activating group) is 1. The molecular formula is C11H15N3O2. The molecule has 0 aromatic carbocycles. The molecule has 16 heavy (non-hydrogen) atoms. The minimum absolute atomic E-state index is 0.178. The summed E-state index contributed by atoms with van der Waals surface area (Å²) < 4.78 is 4.60. The molecule has 0 radical (unpaired) electrons. The van der Waals surface area contributed by atoms with Gasteiger partial charge in [0.1, 0.15) is 11.4 Å². The summed E-state index contributed by atoms with van der Waals surface area (Å²) in [6.07, 6.45) is 5.39. The number of anilines is 1. The number of carbonyl (C=O) groups excluding carboxylic acids is 1. The Morgan fingerprint density at radius 3 is 3.06 bits per heavy atom. The van der Waals surface area contributed by atoms with Gasteiger partial charge in [-0.15, -0.1) is 0 Å². The average molecular weight is 221 g/mol. The molecule has 0 aliphatic rings. The number of carbonyl (C=O) groups is 1. The predicted molar refractivity (Wildman–Crippen MR) is 62.9 cm³/mol. The van der Waals surface area contributed by atoms with Crippen molar-refractivity contribution in [2.24, 2.45) is 0 Å². The van der Waals surface area contributed by atoms with E-state index in [0.717, 1.165) is 12.1 Å². The third-order valence-corrected chi connectivity index (χ3v) is 1.98. The van der Waals surface area contributed by atoms with Crippen molar-refractivity contribution in [3.05, 3.63) is 29.5 Å². The quantitative estimate of drug-likeness (QED) is 0.731. The largest absolute Gasteiger partial charge is 0.465 e. The number of hydrogen-bond donors (Lipinski definition) is 2. The van der Waals surface area contributed by atoms with Crippen LogP contribution in [0, 0.1) is 0 Å². The third kappa shape index (κ3) is 3.06. The lowest BCUT2D eigenvalue weighted by Gasteiger charge is -2.03. The Balaban J connectivity index is 2.93. The summed E-state index contributed by atoms with van der Waals surface area (Å²) in [7, 11) is 3.16. The summed E-state index contributed by atoms with van der Waals surface area (Å²) in [4.78, 5) is 15.3. The number of hydrogen-bond acceptors (Lipinski definition) is 5. The Morgan fingerprint density at radius 2 is 2.44 bits per heavy atom. The van der Waals surface area contributed by atoms with Gasteiger partial charge < -0.3 is 15.8 Å². The van der Waals surface area contributed by atoms with Crippen LogP contribution < -0.4 is 11.1 Å². The van der Waals surface area contributed by atoms with E-state index in [1.165, 1.54) is 7.11 Å². The Hall–Kier alpha value is -1.88. The lowest BCUT2D eigenvalue weighted by atomic mass is 10.2. The van der Waals surface area contributed by atoms with Gasteiger partial charge in [-0.25, -0.2) is 9.78 Å². The molecule has 1 rings (SSSR count). The Kier molecular flexibility index (Phi) is 4.47. The van der Waals surface area contributed by atoms with Crippen molar-refractivity contribution < 1.29 is 9.53 Å². The molecular weight excluding hydrogens is 206 g/mol. The van der Waals surface area contributed by atoms with Gasteiger partial charge in [-0.1, -0.05) is 12.2 Å². The molecule has 5 nitrogen and oxygen atoms in total. The van der Waals surface area contributed by atoms with Crippen LogP contribution in [-0.4, -0.2) is 31.7 Å². The molecule has 0 aliphatic carbocycles. The minimum atomic E-state index is -0.478. The van der Waals surface area contributed by atoms with Crippen LogP contribution in [0.2, 0.25) is 0 Å². The van der Waals surface area contributed by atoms with Gasteiger partial charge in [0, 0.05) is 12.7 Å². The predicted octanol–water partition coefficient (Wildman–Crippen LogP) is 0.683. The molecule has 0 saturated carbocycles. The lowest BCUT2D eigenvalue weighted by Crippen LogP contribution is -2.07. The van der Waals surface area contributed by atoms with Crippen molar-refractivity contribution >= 4 is 17.9 Å². The van der Waals surface area contributed by atoms with E-state index >= 15 is 0 Å². The number of aromatic nitrogens is 1. The summed E-state index contributed by atoms with van der Waals surface area (Å²) in [5.74, 6) is -0.300. The highest BCUT2D eigenvalue weighted by Crippen LogP contribution is 2.13. The fourth-order valence-electron chi connectivity index (χ4n) is 1.17. The molecule has 0 unspecified atom stereocenters. The van der Waals surface area contributed by atoms with Crippen LogP contribution in [0.25, 0.3) is 6.08 Å². The van der Waals surface area contributed by atoms with E-state index in [1.54, 1.807) is 12.3 Å². The van der Waals surface area contributed by atoms with E-state index < -0.39 is 5.97 Å². The van der Waals surface area contributed by atoms with Gasteiger partial charge in [-0.3, -0.25) is 0 Å². The molecule has 0 bridgehead atoms. The second kappa shape index (κ2) is 5.87. The van der Waals surface area contributed by atoms with E-state index in [-0.39, 0.29) is 11.4 Å². The highest BCUT2D eigenvalue weighted by Gasteiger charge is 2.10. The molecule has 0 fully saturated rings. The summed E-state index contributed by atoms with van der Waals surface area (Å²) in [5.41, 5.74) is 6.67. The highest BCUT2D eigenvalue weighted by atomic mass is 16.5. The van der Waals surface area contributed by atoms with Crippen LogP contribution in [0.1, 0.15) is 15.9 Å². The van der Waals surface area contributed by atoms with E-state index in [2.05, 4.69) is 15.0 Å². The van der Waals surface area contributed by atoms with Gasteiger partial charge in [-0.2, -0.15) is 0 Å². The molecule has 3 N–H and O–H groups in total. The molecule has 1 aromatic heterocycles. The number of ether oxygens (including phenoxy) is 1. The normalized spacial score (nSPS) is 10.6. The maximum atomic E-state index is 11.3.